The number of carbonyl (C=O) groups excluding carboxylic acids is 1. The number of ether oxygens (including phenoxy) is 2. The van der Waals surface area contributed by atoms with Crippen molar-refractivity contribution in [2.24, 2.45) is 0 Å². The van der Waals surface area contributed by atoms with E-state index in [9.17, 15) is 18.0 Å². The van der Waals surface area contributed by atoms with Crippen LogP contribution >= 0.6 is 0 Å². The molecule has 128 valence electrons. The summed E-state index contributed by atoms with van der Waals surface area (Å²) in [6, 6.07) is 12.3. The lowest BCUT2D eigenvalue weighted by Crippen LogP contribution is -2.28. The van der Waals surface area contributed by atoms with Crippen LogP contribution in [0.1, 0.15) is 15.9 Å². The predicted molar refractivity (Wildman–Crippen MR) is 82.1 cm³/mol. The van der Waals surface area contributed by atoms with Crippen LogP contribution in [0.5, 0.6) is 11.5 Å². The van der Waals surface area contributed by atoms with Crippen LogP contribution in [-0.2, 0) is 0 Å². The van der Waals surface area contributed by atoms with E-state index in [2.05, 4.69) is 10.1 Å². The monoisotopic (exact) mass is 339 g/mol. The Morgan fingerprint density at radius 2 is 1.67 bits per heavy atom. The molecule has 0 saturated heterocycles. The molecule has 0 aliphatic rings. The topological polar surface area (TPSA) is 47.6 Å². The Morgan fingerprint density at radius 1 is 1.04 bits per heavy atom. The van der Waals surface area contributed by atoms with Gasteiger partial charge < -0.3 is 14.8 Å². The summed E-state index contributed by atoms with van der Waals surface area (Å²) >= 11 is 0. The first kappa shape index (κ1) is 17.7. The fraction of sp³-hybridized carbons (Fsp3) is 0.235. The molecule has 7 heteroatoms. The molecular formula is C17H16F3NO3. The molecule has 2 rings (SSSR count). The van der Waals surface area contributed by atoms with Crippen LogP contribution in [0.15, 0.2) is 48.5 Å². The molecule has 0 aliphatic heterocycles. The number of hydrogen-bond acceptors (Lipinski definition) is 3. The molecule has 0 atom stereocenters. The van der Waals surface area contributed by atoms with Crippen molar-refractivity contribution in [3.8, 4) is 11.5 Å². The summed E-state index contributed by atoms with van der Waals surface area (Å²) in [6.07, 6.45) is -4.72. The van der Waals surface area contributed by atoms with Gasteiger partial charge in [-0.3, -0.25) is 4.79 Å². The minimum atomic E-state index is -4.72. The zero-order valence-corrected chi connectivity index (χ0v) is 12.9. The van der Waals surface area contributed by atoms with Gasteiger partial charge in [0.25, 0.3) is 5.91 Å². The van der Waals surface area contributed by atoms with E-state index in [0.717, 1.165) is 17.7 Å². The lowest BCUT2D eigenvalue weighted by molar-refractivity contribution is -0.274. The number of amides is 1. The molecule has 24 heavy (non-hydrogen) atoms. The van der Waals surface area contributed by atoms with Crippen LogP contribution in [0, 0.1) is 6.92 Å². The molecule has 1 amide bonds. The lowest BCUT2D eigenvalue weighted by Gasteiger charge is -2.11. The molecule has 0 bridgehead atoms. The average Bonchev–Trinajstić information content (AvgIpc) is 2.52. The summed E-state index contributed by atoms with van der Waals surface area (Å²) in [5, 5.41) is 2.72. The van der Waals surface area contributed by atoms with Crippen molar-refractivity contribution in [1.82, 2.24) is 5.32 Å². The second kappa shape index (κ2) is 7.72. The Hall–Kier alpha value is -2.70. The summed E-state index contributed by atoms with van der Waals surface area (Å²) in [5.74, 6) is -0.136. The highest BCUT2D eigenvalue weighted by Crippen LogP contribution is 2.24. The smallest absolute Gasteiger partial charge is 0.492 e. The van der Waals surface area contributed by atoms with E-state index in [1.165, 1.54) is 12.1 Å². The van der Waals surface area contributed by atoms with E-state index < -0.39 is 6.36 Å². The van der Waals surface area contributed by atoms with Gasteiger partial charge in [-0.15, -0.1) is 13.2 Å². The van der Waals surface area contributed by atoms with Gasteiger partial charge in [-0.2, -0.15) is 0 Å². The van der Waals surface area contributed by atoms with Crippen LogP contribution in [0.4, 0.5) is 13.2 Å². The predicted octanol–water partition coefficient (Wildman–Crippen LogP) is 3.70. The third-order valence-corrected chi connectivity index (χ3v) is 3.10. The zero-order chi connectivity index (χ0) is 17.6. The first-order valence-corrected chi connectivity index (χ1v) is 7.17. The van der Waals surface area contributed by atoms with E-state index in [4.69, 9.17) is 4.74 Å². The Balaban J connectivity index is 1.76. The number of carbonyl (C=O) groups is 1. The van der Waals surface area contributed by atoms with Crippen LogP contribution in [0.2, 0.25) is 0 Å². The minimum absolute atomic E-state index is 0.192. The maximum absolute atomic E-state index is 12.0. The van der Waals surface area contributed by atoms with E-state index in [1.807, 2.05) is 19.1 Å². The van der Waals surface area contributed by atoms with Crippen molar-refractivity contribution < 1.29 is 27.4 Å². The third-order valence-electron chi connectivity index (χ3n) is 3.10. The summed E-state index contributed by atoms with van der Waals surface area (Å²) in [5.41, 5.74) is 1.46. The number of hydrogen-bond donors (Lipinski definition) is 1. The van der Waals surface area contributed by atoms with Crippen molar-refractivity contribution in [1.29, 1.82) is 0 Å². The van der Waals surface area contributed by atoms with Gasteiger partial charge in [0, 0.05) is 5.56 Å². The molecule has 4 nitrogen and oxygen atoms in total. The molecule has 1 N–H and O–H groups in total. The Bertz CT molecular complexity index is 684. The van der Waals surface area contributed by atoms with Crippen LogP contribution in [0.3, 0.4) is 0 Å². The Labute approximate surface area is 137 Å². The molecule has 2 aromatic carbocycles. The SMILES string of the molecule is Cc1ccccc1C(=O)NCCOc1ccc(OC(F)(F)F)cc1. The normalized spacial score (nSPS) is 11.0. The standard InChI is InChI=1S/C17H16F3NO3/c1-12-4-2-3-5-15(12)16(22)21-10-11-23-13-6-8-14(9-7-13)24-17(18,19)20/h2-9H,10-11H2,1H3,(H,21,22). The van der Waals surface area contributed by atoms with E-state index >= 15 is 0 Å². The molecule has 0 heterocycles. The van der Waals surface area contributed by atoms with Crippen LogP contribution in [-0.4, -0.2) is 25.4 Å². The van der Waals surface area contributed by atoms with Crippen molar-refractivity contribution in [2.75, 3.05) is 13.2 Å². The third kappa shape index (κ3) is 5.49. The first-order valence-electron chi connectivity index (χ1n) is 7.17. The molecular weight excluding hydrogens is 323 g/mol. The average molecular weight is 339 g/mol. The van der Waals surface area contributed by atoms with E-state index in [-0.39, 0.29) is 24.8 Å². The first-order chi connectivity index (χ1) is 11.3. The van der Waals surface area contributed by atoms with Crippen molar-refractivity contribution in [3.63, 3.8) is 0 Å². The van der Waals surface area contributed by atoms with Gasteiger partial charge in [0.15, 0.2) is 0 Å². The van der Waals surface area contributed by atoms with Gasteiger partial charge in [0.1, 0.15) is 18.1 Å². The van der Waals surface area contributed by atoms with Gasteiger partial charge in [-0.05, 0) is 42.8 Å². The summed E-state index contributed by atoms with van der Waals surface area (Å²) < 4.78 is 45.2. The second-order valence-electron chi connectivity index (χ2n) is 4.94. The van der Waals surface area contributed by atoms with Gasteiger partial charge in [0.2, 0.25) is 0 Å². The molecule has 0 unspecified atom stereocenters. The quantitative estimate of drug-likeness (QED) is 0.817. The van der Waals surface area contributed by atoms with Gasteiger partial charge in [-0.1, -0.05) is 18.2 Å². The lowest BCUT2D eigenvalue weighted by atomic mass is 10.1. The Kier molecular flexibility index (Phi) is 5.68. The highest BCUT2D eigenvalue weighted by Gasteiger charge is 2.30. The summed E-state index contributed by atoms with van der Waals surface area (Å²) in [4.78, 5) is 12.0. The van der Waals surface area contributed by atoms with E-state index in [1.54, 1.807) is 12.1 Å². The highest BCUT2D eigenvalue weighted by atomic mass is 19.4. The largest absolute Gasteiger partial charge is 0.573 e. The van der Waals surface area contributed by atoms with Crippen LogP contribution in [0.25, 0.3) is 0 Å². The number of aryl methyl sites for hydroxylation is 1. The molecule has 0 aliphatic carbocycles. The summed E-state index contributed by atoms with van der Waals surface area (Å²) in [7, 11) is 0. The number of benzene rings is 2. The van der Waals surface area contributed by atoms with Gasteiger partial charge >= 0.3 is 6.36 Å². The molecule has 0 spiro atoms. The molecule has 2 aromatic rings. The molecule has 0 saturated carbocycles. The number of rotatable bonds is 6. The minimum Gasteiger partial charge on any atom is -0.492 e. The summed E-state index contributed by atoms with van der Waals surface area (Å²) in [6.45, 7) is 2.31. The second-order valence-corrected chi connectivity index (χ2v) is 4.94. The molecule has 0 fully saturated rings. The van der Waals surface area contributed by atoms with Crippen molar-refractivity contribution in [2.45, 2.75) is 13.3 Å². The van der Waals surface area contributed by atoms with Crippen molar-refractivity contribution in [3.05, 3.63) is 59.7 Å². The number of nitrogens with one attached hydrogen (secondary N) is 1. The van der Waals surface area contributed by atoms with Crippen LogP contribution < -0.4 is 14.8 Å². The van der Waals surface area contributed by atoms with Gasteiger partial charge in [-0.25, -0.2) is 0 Å². The number of halogens is 3. The molecule has 0 radical (unpaired) electrons. The van der Waals surface area contributed by atoms with E-state index in [0.29, 0.717) is 11.3 Å². The zero-order valence-electron chi connectivity index (χ0n) is 12.9. The fourth-order valence-corrected chi connectivity index (χ4v) is 1.99. The fourth-order valence-electron chi connectivity index (χ4n) is 1.99. The molecule has 0 aromatic heterocycles. The number of alkyl halides is 3. The highest BCUT2D eigenvalue weighted by molar-refractivity contribution is 5.95. The maximum atomic E-state index is 12.0. The van der Waals surface area contributed by atoms with Crippen molar-refractivity contribution >= 4 is 5.91 Å². The maximum Gasteiger partial charge on any atom is 0.573 e. The van der Waals surface area contributed by atoms with Gasteiger partial charge in [0.05, 0.1) is 6.54 Å². The Morgan fingerprint density at radius 3 is 2.29 bits per heavy atom.